The minimum absolute atomic E-state index is 0.113. The highest BCUT2D eigenvalue weighted by Crippen LogP contribution is 2.27. The molecule has 0 spiro atoms. The van der Waals surface area contributed by atoms with Crippen LogP contribution >= 0.6 is 11.6 Å². The smallest absolute Gasteiger partial charge is 0.253 e. The Hall–Kier alpha value is -1.06. The molecule has 0 aromatic heterocycles. The van der Waals surface area contributed by atoms with Gasteiger partial charge >= 0.3 is 0 Å². The first-order valence-electron chi connectivity index (χ1n) is 5.99. The van der Waals surface area contributed by atoms with E-state index in [1.165, 1.54) is 0 Å². The third-order valence-electron chi connectivity index (χ3n) is 3.75. The van der Waals surface area contributed by atoms with Crippen LogP contribution in [-0.4, -0.2) is 37.0 Å². The number of benzene rings is 1. The van der Waals surface area contributed by atoms with Gasteiger partial charge in [-0.1, -0.05) is 17.7 Å². The Morgan fingerprint density at radius 3 is 2.65 bits per heavy atom. The molecular formula is C13H15ClN2O. The second kappa shape index (κ2) is 4.31. The first-order chi connectivity index (χ1) is 8.24. The van der Waals surface area contributed by atoms with Crippen LogP contribution in [0, 0.1) is 11.8 Å². The molecule has 2 heterocycles. The summed E-state index contributed by atoms with van der Waals surface area (Å²) in [5.41, 5.74) is 0.699. The van der Waals surface area contributed by atoms with E-state index < -0.39 is 0 Å². The third kappa shape index (κ3) is 2.05. The van der Waals surface area contributed by atoms with Gasteiger partial charge in [0.25, 0.3) is 5.91 Å². The Morgan fingerprint density at radius 2 is 2.00 bits per heavy atom. The lowest BCUT2D eigenvalue weighted by molar-refractivity contribution is 0.0781. The summed E-state index contributed by atoms with van der Waals surface area (Å²) < 4.78 is 0. The molecule has 2 fully saturated rings. The lowest BCUT2D eigenvalue weighted by Crippen LogP contribution is -2.31. The van der Waals surface area contributed by atoms with Gasteiger partial charge in [-0.3, -0.25) is 4.79 Å². The summed E-state index contributed by atoms with van der Waals surface area (Å²) in [6.07, 6.45) is 0. The van der Waals surface area contributed by atoms with Crippen molar-refractivity contribution in [1.82, 2.24) is 10.2 Å². The highest BCUT2D eigenvalue weighted by atomic mass is 35.5. The molecule has 1 aromatic rings. The van der Waals surface area contributed by atoms with Gasteiger partial charge in [-0.05, 0) is 30.0 Å². The first-order valence-corrected chi connectivity index (χ1v) is 6.37. The van der Waals surface area contributed by atoms with Crippen LogP contribution in [-0.2, 0) is 0 Å². The highest BCUT2D eigenvalue weighted by Gasteiger charge is 2.38. The Labute approximate surface area is 106 Å². The van der Waals surface area contributed by atoms with Crippen molar-refractivity contribution in [1.29, 1.82) is 0 Å². The molecule has 1 aromatic carbocycles. The number of rotatable bonds is 1. The molecule has 2 saturated heterocycles. The molecule has 0 aliphatic carbocycles. The molecule has 17 heavy (non-hydrogen) atoms. The van der Waals surface area contributed by atoms with E-state index in [9.17, 15) is 4.79 Å². The number of nitrogens with zero attached hydrogens (tertiary/aromatic N) is 1. The van der Waals surface area contributed by atoms with Gasteiger partial charge in [0.1, 0.15) is 0 Å². The Bertz CT molecular complexity index is 437. The predicted molar refractivity (Wildman–Crippen MR) is 67.2 cm³/mol. The van der Waals surface area contributed by atoms with Gasteiger partial charge in [0.15, 0.2) is 0 Å². The summed E-state index contributed by atoms with van der Waals surface area (Å²) in [4.78, 5) is 14.2. The number of hydrogen-bond donors (Lipinski definition) is 1. The van der Waals surface area contributed by atoms with Crippen molar-refractivity contribution in [3.63, 3.8) is 0 Å². The Balaban J connectivity index is 1.75. The molecule has 1 N–H and O–H groups in total. The van der Waals surface area contributed by atoms with Crippen molar-refractivity contribution in [2.24, 2.45) is 11.8 Å². The van der Waals surface area contributed by atoms with Gasteiger partial charge < -0.3 is 10.2 Å². The zero-order valence-electron chi connectivity index (χ0n) is 9.53. The summed E-state index contributed by atoms with van der Waals surface area (Å²) in [5, 5.41) is 4.00. The van der Waals surface area contributed by atoms with Gasteiger partial charge in [-0.15, -0.1) is 0 Å². The minimum atomic E-state index is 0.113. The van der Waals surface area contributed by atoms with Crippen LogP contribution in [0.25, 0.3) is 0 Å². The van der Waals surface area contributed by atoms with Crippen LogP contribution in [0.3, 0.4) is 0 Å². The summed E-state index contributed by atoms with van der Waals surface area (Å²) in [6.45, 7) is 3.85. The fraction of sp³-hybridized carbons (Fsp3) is 0.462. The van der Waals surface area contributed by atoms with E-state index in [1.54, 1.807) is 12.1 Å². The summed E-state index contributed by atoms with van der Waals surface area (Å²) >= 11 is 5.91. The molecule has 2 unspecified atom stereocenters. The number of carbonyl (C=O) groups is 1. The molecule has 2 atom stereocenters. The van der Waals surface area contributed by atoms with Crippen LogP contribution in [0.5, 0.6) is 0 Å². The molecule has 3 nitrogen and oxygen atoms in total. The zero-order valence-corrected chi connectivity index (χ0v) is 10.3. The second-order valence-corrected chi connectivity index (χ2v) is 5.34. The molecular weight excluding hydrogens is 236 g/mol. The molecule has 2 aliphatic heterocycles. The number of likely N-dealkylation sites (tertiary alicyclic amines) is 1. The lowest BCUT2D eigenvalue weighted by atomic mass is 10.0. The van der Waals surface area contributed by atoms with Gasteiger partial charge in [-0.25, -0.2) is 0 Å². The van der Waals surface area contributed by atoms with E-state index in [0.29, 0.717) is 22.4 Å². The van der Waals surface area contributed by atoms with Gasteiger partial charge in [0.2, 0.25) is 0 Å². The van der Waals surface area contributed by atoms with Crippen LogP contribution in [0.4, 0.5) is 0 Å². The van der Waals surface area contributed by atoms with E-state index in [0.717, 1.165) is 26.2 Å². The molecule has 0 saturated carbocycles. The van der Waals surface area contributed by atoms with Gasteiger partial charge in [0, 0.05) is 36.8 Å². The van der Waals surface area contributed by atoms with Crippen molar-refractivity contribution in [2.45, 2.75) is 0 Å². The van der Waals surface area contributed by atoms with Crippen molar-refractivity contribution in [3.05, 3.63) is 34.9 Å². The SMILES string of the molecule is O=C(c1cccc(Cl)c1)N1CC2CNCC2C1. The van der Waals surface area contributed by atoms with E-state index >= 15 is 0 Å². The van der Waals surface area contributed by atoms with E-state index in [4.69, 9.17) is 11.6 Å². The maximum atomic E-state index is 12.3. The standard InChI is InChI=1S/C13H15ClN2O/c14-12-3-1-2-9(4-12)13(17)16-7-10-5-15-6-11(10)8-16/h1-4,10-11,15H,5-8H2. The Morgan fingerprint density at radius 1 is 1.29 bits per heavy atom. The van der Waals surface area contributed by atoms with Crippen molar-refractivity contribution in [3.8, 4) is 0 Å². The molecule has 0 bridgehead atoms. The topological polar surface area (TPSA) is 32.3 Å². The molecule has 3 rings (SSSR count). The maximum Gasteiger partial charge on any atom is 0.253 e. The van der Waals surface area contributed by atoms with E-state index in [1.807, 2.05) is 17.0 Å². The molecule has 90 valence electrons. The number of fused-ring (bicyclic) bond motifs is 1. The van der Waals surface area contributed by atoms with Crippen molar-refractivity contribution < 1.29 is 4.79 Å². The third-order valence-corrected chi connectivity index (χ3v) is 3.98. The number of carbonyl (C=O) groups excluding carboxylic acids is 1. The molecule has 2 aliphatic rings. The quantitative estimate of drug-likeness (QED) is 0.822. The fourth-order valence-corrected chi connectivity index (χ4v) is 3.02. The number of nitrogens with one attached hydrogen (secondary N) is 1. The molecule has 4 heteroatoms. The van der Waals surface area contributed by atoms with Gasteiger partial charge in [-0.2, -0.15) is 0 Å². The van der Waals surface area contributed by atoms with Gasteiger partial charge in [0.05, 0.1) is 0 Å². The largest absolute Gasteiger partial charge is 0.338 e. The van der Waals surface area contributed by atoms with Crippen molar-refractivity contribution >= 4 is 17.5 Å². The number of hydrogen-bond acceptors (Lipinski definition) is 2. The normalized spacial score (nSPS) is 27.2. The van der Waals surface area contributed by atoms with Crippen LogP contribution in [0.1, 0.15) is 10.4 Å². The highest BCUT2D eigenvalue weighted by molar-refractivity contribution is 6.30. The predicted octanol–water partition coefficient (Wildman–Crippen LogP) is 1.63. The van der Waals surface area contributed by atoms with Crippen LogP contribution in [0.2, 0.25) is 5.02 Å². The van der Waals surface area contributed by atoms with E-state index in [2.05, 4.69) is 5.32 Å². The monoisotopic (exact) mass is 250 g/mol. The number of amides is 1. The summed E-state index contributed by atoms with van der Waals surface area (Å²) in [7, 11) is 0. The summed E-state index contributed by atoms with van der Waals surface area (Å²) in [6, 6.07) is 7.20. The summed E-state index contributed by atoms with van der Waals surface area (Å²) in [5.74, 6) is 1.39. The number of halogens is 1. The van der Waals surface area contributed by atoms with E-state index in [-0.39, 0.29) is 5.91 Å². The molecule has 0 radical (unpaired) electrons. The Kier molecular flexibility index (Phi) is 2.81. The van der Waals surface area contributed by atoms with Crippen molar-refractivity contribution in [2.75, 3.05) is 26.2 Å². The maximum absolute atomic E-state index is 12.3. The van der Waals surface area contributed by atoms with Crippen LogP contribution in [0.15, 0.2) is 24.3 Å². The fourth-order valence-electron chi connectivity index (χ4n) is 2.83. The molecule has 1 amide bonds. The first kappa shape index (κ1) is 11.1. The van der Waals surface area contributed by atoms with Crippen LogP contribution < -0.4 is 5.32 Å². The lowest BCUT2D eigenvalue weighted by Gasteiger charge is -2.17. The second-order valence-electron chi connectivity index (χ2n) is 4.90. The average molecular weight is 251 g/mol. The average Bonchev–Trinajstić information content (AvgIpc) is 2.88. The zero-order chi connectivity index (χ0) is 11.8. The minimum Gasteiger partial charge on any atom is -0.338 e.